The second kappa shape index (κ2) is 7.68. The van der Waals surface area contributed by atoms with E-state index in [-0.39, 0.29) is 6.54 Å². The van der Waals surface area contributed by atoms with Gasteiger partial charge in [-0.2, -0.15) is 0 Å². The van der Waals surface area contributed by atoms with Crippen molar-refractivity contribution in [2.45, 2.75) is 25.5 Å². The zero-order chi connectivity index (χ0) is 13.4. The van der Waals surface area contributed by atoms with Crippen LogP contribution in [-0.4, -0.2) is 36.5 Å². The van der Waals surface area contributed by atoms with Crippen LogP contribution in [0.2, 0.25) is 0 Å². The Bertz CT molecular complexity index is 357. The van der Waals surface area contributed by atoms with E-state index >= 15 is 0 Å². The smallest absolute Gasteiger partial charge is 0.407 e. The largest absolute Gasteiger partial charge is 0.450 e. The highest BCUT2D eigenvalue weighted by atomic mass is 16.5. The summed E-state index contributed by atoms with van der Waals surface area (Å²) in [5.74, 6) is 0. The van der Waals surface area contributed by atoms with Crippen molar-refractivity contribution in [3.05, 3.63) is 35.9 Å². The number of hydrogen-bond donors (Lipinski definition) is 3. The molecule has 0 bridgehead atoms. The second-order valence-corrected chi connectivity index (χ2v) is 3.96. The van der Waals surface area contributed by atoms with Crippen molar-refractivity contribution in [2.24, 2.45) is 5.73 Å². The average molecular weight is 252 g/mol. The molecule has 0 aliphatic rings. The number of aliphatic hydroxyl groups excluding tert-OH is 1. The lowest BCUT2D eigenvalue weighted by Gasteiger charge is -2.22. The van der Waals surface area contributed by atoms with E-state index in [4.69, 9.17) is 10.5 Å². The van der Waals surface area contributed by atoms with Crippen LogP contribution in [0.25, 0.3) is 0 Å². The minimum atomic E-state index is -0.797. The molecule has 0 fully saturated rings. The van der Waals surface area contributed by atoms with Crippen molar-refractivity contribution in [1.29, 1.82) is 0 Å². The fourth-order valence-corrected chi connectivity index (χ4v) is 1.64. The van der Waals surface area contributed by atoms with Crippen LogP contribution in [0.3, 0.4) is 0 Å². The third-order valence-corrected chi connectivity index (χ3v) is 2.58. The number of ether oxygens (including phenoxy) is 1. The van der Waals surface area contributed by atoms with E-state index in [2.05, 4.69) is 5.32 Å². The Balaban J connectivity index is 2.64. The minimum Gasteiger partial charge on any atom is -0.450 e. The third kappa shape index (κ3) is 4.73. The highest BCUT2D eigenvalue weighted by molar-refractivity contribution is 5.67. The van der Waals surface area contributed by atoms with Gasteiger partial charge in [-0.05, 0) is 18.9 Å². The molecule has 4 N–H and O–H groups in total. The molecular formula is C13H20N2O3. The summed E-state index contributed by atoms with van der Waals surface area (Å²) in [6.07, 6.45) is -0.821. The molecular weight excluding hydrogens is 232 g/mol. The molecule has 100 valence electrons. The van der Waals surface area contributed by atoms with E-state index in [1.165, 1.54) is 0 Å². The van der Waals surface area contributed by atoms with E-state index in [0.717, 1.165) is 5.56 Å². The second-order valence-electron chi connectivity index (χ2n) is 3.96. The van der Waals surface area contributed by atoms with Crippen LogP contribution in [0.1, 0.15) is 12.5 Å². The first-order valence-corrected chi connectivity index (χ1v) is 6.02. The van der Waals surface area contributed by atoms with E-state index in [0.29, 0.717) is 13.0 Å². The maximum Gasteiger partial charge on any atom is 0.407 e. The first-order chi connectivity index (χ1) is 8.67. The summed E-state index contributed by atoms with van der Waals surface area (Å²) >= 11 is 0. The van der Waals surface area contributed by atoms with E-state index in [9.17, 15) is 9.90 Å². The summed E-state index contributed by atoms with van der Waals surface area (Å²) in [5, 5.41) is 12.4. The lowest BCUT2D eigenvalue weighted by Crippen LogP contribution is -2.48. The zero-order valence-electron chi connectivity index (χ0n) is 10.5. The van der Waals surface area contributed by atoms with Gasteiger partial charge in [0.2, 0.25) is 0 Å². The number of alkyl carbamates (subject to hydrolysis) is 1. The fourth-order valence-electron chi connectivity index (χ4n) is 1.64. The molecule has 0 unspecified atom stereocenters. The van der Waals surface area contributed by atoms with Gasteiger partial charge in [0, 0.05) is 6.54 Å². The van der Waals surface area contributed by atoms with Crippen molar-refractivity contribution < 1.29 is 14.6 Å². The van der Waals surface area contributed by atoms with Gasteiger partial charge in [-0.15, -0.1) is 0 Å². The van der Waals surface area contributed by atoms with Crippen molar-refractivity contribution in [3.8, 4) is 0 Å². The van der Waals surface area contributed by atoms with Gasteiger partial charge in [0.1, 0.15) is 0 Å². The van der Waals surface area contributed by atoms with Crippen LogP contribution in [0.5, 0.6) is 0 Å². The third-order valence-electron chi connectivity index (χ3n) is 2.58. The summed E-state index contributed by atoms with van der Waals surface area (Å²) in [7, 11) is 0. The van der Waals surface area contributed by atoms with Gasteiger partial charge in [-0.1, -0.05) is 30.3 Å². The lowest BCUT2D eigenvalue weighted by atomic mass is 10.0. The molecule has 2 atom stereocenters. The Morgan fingerprint density at radius 3 is 2.67 bits per heavy atom. The summed E-state index contributed by atoms with van der Waals surface area (Å²) in [4.78, 5) is 11.4. The number of amides is 1. The molecule has 18 heavy (non-hydrogen) atoms. The summed E-state index contributed by atoms with van der Waals surface area (Å²) < 4.78 is 4.80. The Morgan fingerprint density at radius 2 is 2.11 bits per heavy atom. The number of benzene rings is 1. The molecule has 0 saturated carbocycles. The highest BCUT2D eigenvalue weighted by Gasteiger charge is 2.21. The highest BCUT2D eigenvalue weighted by Crippen LogP contribution is 2.06. The molecule has 1 amide bonds. The van der Waals surface area contributed by atoms with E-state index in [1.54, 1.807) is 6.92 Å². The summed E-state index contributed by atoms with van der Waals surface area (Å²) in [6.45, 7) is 2.11. The van der Waals surface area contributed by atoms with E-state index in [1.807, 2.05) is 30.3 Å². The van der Waals surface area contributed by atoms with Gasteiger partial charge in [0.05, 0.1) is 18.8 Å². The van der Waals surface area contributed by atoms with Gasteiger partial charge >= 0.3 is 6.09 Å². The molecule has 0 aliphatic carbocycles. The molecule has 1 aromatic rings. The van der Waals surface area contributed by atoms with Gasteiger partial charge in [-0.25, -0.2) is 4.79 Å². The van der Waals surface area contributed by atoms with Gasteiger partial charge < -0.3 is 20.9 Å². The monoisotopic (exact) mass is 252 g/mol. The van der Waals surface area contributed by atoms with Gasteiger partial charge in [0.25, 0.3) is 0 Å². The molecule has 0 aliphatic heterocycles. The maximum absolute atomic E-state index is 11.4. The Labute approximate surface area is 107 Å². The first-order valence-electron chi connectivity index (χ1n) is 6.02. The lowest BCUT2D eigenvalue weighted by molar-refractivity contribution is 0.111. The molecule has 0 heterocycles. The standard InChI is InChI=1S/C13H20N2O3/c1-2-18-13(17)15-11(12(16)9-14)8-10-6-4-3-5-7-10/h3-7,11-12,16H,2,8-9,14H2,1H3,(H,15,17)/t11-,12+/m0/s1. The normalized spacial score (nSPS) is 13.7. The molecule has 5 nitrogen and oxygen atoms in total. The predicted molar refractivity (Wildman–Crippen MR) is 69.2 cm³/mol. The average Bonchev–Trinajstić information content (AvgIpc) is 2.38. The van der Waals surface area contributed by atoms with Crippen LogP contribution >= 0.6 is 0 Å². The molecule has 0 spiro atoms. The number of nitrogens with one attached hydrogen (secondary N) is 1. The molecule has 1 rings (SSSR count). The van der Waals surface area contributed by atoms with Crippen molar-refractivity contribution in [1.82, 2.24) is 5.32 Å². The van der Waals surface area contributed by atoms with Gasteiger partial charge in [0.15, 0.2) is 0 Å². The first kappa shape index (κ1) is 14.5. The molecule has 1 aromatic carbocycles. The number of carbonyl (C=O) groups excluding carboxylic acids is 1. The Kier molecular flexibility index (Phi) is 6.18. The molecule has 5 heteroatoms. The van der Waals surface area contributed by atoms with Crippen molar-refractivity contribution in [2.75, 3.05) is 13.2 Å². The van der Waals surface area contributed by atoms with Crippen LogP contribution in [-0.2, 0) is 11.2 Å². The SMILES string of the molecule is CCOC(=O)N[C@@H](Cc1ccccc1)[C@H](O)CN. The topological polar surface area (TPSA) is 84.6 Å². The van der Waals surface area contributed by atoms with Crippen LogP contribution < -0.4 is 11.1 Å². The molecule has 0 aromatic heterocycles. The quantitative estimate of drug-likeness (QED) is 0.694. The minimum absolute atomic E-state index is 0.0872. The predicted octanol–water partition coefficient (Wildman–Crippen LogP) is 0.663. The Morgan fingerprint density at radius 1 is 1.44 bits per heavy atom. The van der Waals surface area contributed by atoms with Crippen LogP contribution in [0.4, 0.5) is 4.79 Å². The molecule has 0 radical (unpaired) electrons. The fraction of sp³-hybridized carbons (Fsp3) is 0.462. The summed E-state index contributed by atoms with van der Waals surface area (Å²) in [6, 6.07) is 9.15. The maximum atomic E-state index is 11.4. The number of rotatable bonds is 6. The number of hydrogen-bond acceptors (Lipinski definition) is 4. The van der Waals surface area contributed by atoms with E-state index < -0.39 is 18.2 Å². The number of aliphatic hydroxyl groups is 1. The van der Waals surface area contributed by atoms with Gasteiger partial charge in [-0.3, -0.25) is 0 Å². The number of nitrogens with two attached hydrogens (primary N) is 1. The zero-order valence-corrected chi connectivity index (χ0v) is 10.5. The summed E-state index contributed by atoms with van der Waals surface area (Å²) in [5.41, 5.74) is 6.45. The molecule has 0 saturated heterocycles. The Hall–Kier alpha value is -1.59. The van der Waals surface area contributed by atoms with Crippen LogP contribution in [0.15, 0.2) is 30.3 Å². The number of carbonyl (C=O) groups is 1. The van der Waals surface area contributed by atoms with Crippen molar-refractivity contribution >= 4 is 6.09 Å². The van der Waals surface area contributed by atoms with Crippen molar-refractivity contribution in [3.63, 3.8) is 0 Å². The van der Waals surface area contributed by atoms with Crippen LogP contribution in [0, 0.1) is 0 Å².